The van der Waals surface area contributed by atoms with Crippen molar-refractivity contribution < 1.29 is 13.5 Å². The van der Waals surface area contributed by atoms with Gasteiger partial charge in [0.25, 0.3) is 0 Å². The number of benzene rings is 1. The van der Waals surface area contributed by atoms with E-state index in [1.165, 1.54) is 0 Å². The Morgan fingerprint density at radius 2 is 1.81 bits per heavy atom. The zero-order valence-electron chi connectivity index (χ0n) is 12.9. The van der Waals surface area contributed by atoms with E-state index in [9.17, 15) is 8.42 Å². The van der Waals surface area contributed by atoms with Gasteiger partial charge >= 0.3 is 0 Å². The largest absolute Gasteiger partial charge is 0.396 e. The van der Waals surface area contributed by atoms with Crippen LogP contribution in [0.4, 0.5) is 0 Å². The van der Waals surface area contributed by atoms with E-state index in [4.69, 9.17) is 5.11 Å². The van der Waals surface area contributed by atoms with Crippen LogP contribution < -0.4 is 4.72 Å². The highest BCUT2D eigenvalue weighted by Gasteiger charge is 2.13. The number of aliphatic hydroxyl groups is 1. The summed E-state index contributed by atoms with van der Waals surface area (Å²) < 4.78 is 26.9. The molecule has 0 aliphatic carbocycles. The lowest BCUT2D eigenvalue weighted by molar-refractivity contribution is 0.293. The van der Waals surface area contributed by atoms with Crippen LogP contribution in [0, 0.1) is 0 Å². The first-order valence-electron chi connectivity index (χ1n) is 7.45. The van der Waals surface area contributed by atoms with Gasteiger partial charge in [-0.2, -0.15) is 0 Å². The molecule has 0 heterocycles. The second-order valence-electron chi connectivity index (χ2n) is 4.95. The lowest BCUT2D eigenvalue weighted by atomic mass is 10.2. The second-order valence-corrected chi connectivity index (χ2v) is 6.72. The Labute approximate surface area is 128 Å². The predicted molar refractivity (Wildman–Crippen MR) is 84.8 cm³/mol. The van der Waals surface area contributed by atoms with Gasteiger partial charge in [0.1, 0.15) is 0 Å². The molecule has 0 aliphatic rings. The smallest absolute Gasteiger partial charge is 0.240 e. The highest BCUT2D eigenvalue weighted by Crippen LogP contribution is 2.10. The molecule has 0 bridgehead atoms. The van der Waals surface area contributed by atoms with E-state index >= 15 is 0 Å². The molecule has 0 spiro atoms. The number of sulfonamides is 1. The number of hydrogen-bond donors (Lipinski definition) is 2. The van der Waals surface area contributed by atoms with Crippen molar-refractivity contribution in [2.24, 2.45) is 0 Å². The van der Waals surface area contributed by atoms with Gasteiger partial charge in [-0.25, -0.2) is 13.1 Å². The number of rotatable bonds is 10. The molecule has 0 amide bonds. The molecule has 0 aliphatic heterocycles. The highest BCUT2D eigenvalue weighted by molar-refractivity contribution is 7.89. The molecule has 0 saturated heterocycles. The summed E-state index contributed by atoms with van der Waals surface area (Å²) in [5, 5.41) is 8.85. The number of aliphatic hydroxyl groups excluding tert-OH is 1. The lowest BCUT2D eigenvalue weighted by Gasteiger charge is -2.19. The van der Waals surface area contributed by atoms with Crippen LogP contribution in [0.15, 0.2) is 29.2 Å². The van der Waals surface area contributed by atoms with Crippen molar-refractivity contribution in [1.29, 1.82) is 0 Å². The zero-order chi connectivity index (χ0) is 15.7. The maximum Gasteiger partial charge on any atom is 0.240 e. The van der Waals surface area contributed by atoms with Gasteiger partial charge in [0.05, 0.1) is 4.90 Å². The van der Waals surface area contributed by atoms with E-state index in [0.717, 1.165) is 25.1 Å². The molecular formula is C15H26N2O3S. The van der Waals surface area contributed by atoms with E-state index in [1.54, 1.807) is 24.3 Å². The summed E-state index contributed by atoms with van der Waals surface area (Å²) in [4.78, 5) is 2.48. The molecule has 0 atom stereocenters. The van der Waals surface area contributed by atoms with Crippen LogP contribution in [0.2, 0.25) is 0 Å². The third-order valence-corrected chi connectivity index (χ3v) is 4.82. The minimum Gasteiger partial charge on any atom is -0.396 e. The predicted octanol–water partition coefficient (Wildman–Crippen LogP) is 1.23. The van der Waals surface area contributed by atoms with Gasteiger partial charge in [-0.1, -0.05) is 26.0 Å². The minimum atomic E-state index is -3.45. The summed E-state index contributed by atoms with van der Waals surface area (Å²) in [6, 6.07) is 6.63. The van der Waals surface area contributed by atoms with Crippen LogP contribution in [0.3, 0.4) is 0 Å². The molecule has 21 heavy (non-hydrogen) atoms. The van der Waals surface area contributed by atoms with Crippen molar-refractivity contribution in [1.82, 2.24) is 9.62 Å². The van der Waals surface area contributed by atoms with Gasteiger partial charge < -0.3 is 10.0 Å². The molecule has 0 saturated carbocycles. The Balaban J connectivity index is 2.56. The summed E-state index contributed by atoms with van der Waals surface area (Å²) in [6.45, 7) is 7.28. The van der Waals surface area contributed by atoms with Gasteiger partial charge in [-0.05, 0) is 43.6 Å². The quantitative estimate of drug-likeness (QED) is 0.681. The van der Waals surface area contributed by atoms with E-state index < -0.39 is 10.0 Å². The Morgan fingerprint density at radius 3 is 2.33 bits per heavy atom. The third-order valence-electron chi connectivity index (χ3n) is 3.34. The van der Waals surface area contributed by atoms with Crippen LogP contribution in [0.25, 0.3) is 0 Å². The Hall–Kier alpha value is -0.950. The molecule has 120 valence electrons. The fourth-order valence-corrected chi connectivity index (χ4v) is 3.15. The van der Waals surface area contributed by atoms with Crippen molar-refractivity contribution in [3.8, 4) is 0 Å². The van der Waals surface area contributed by atoms with E-state index in [0.29, 0.717) is 19.5 Å². The molecule has 2 N–H and O–H groups in total. The molecular weight excluding hydrogens is 288 g/mol. The normalized spacial score (nSPS) is 12.0. The highest BCUT2D eigenvalue weighted by atomic mass is 32.2. The molecule has 5 nitrogen and oxygen atoms in total. The second kappa shape index (κ2) is 9.15. The van der Waals surface area contributed by atoms with Gasteiger partial charge in [0.2, 0.25) is 10.0 Å². The Kier molecular flexibility index (Phi) is 7.88. The maximum atomic E-state index is 12.2. The zero-order valence-corrected chi connectivity index (χ0v) is 13.7. The first-order valence-corrected chi connectivity index (χ1v) is 8.93. The SMILES string of the molecule is CCCN(CC)CCNS(=O)(=O)c1ccc(CCO)cc1. The molecule has 0 radical (unpaired) electrons. The van der Waals surface area contributed by atoms with Crippen LogP contribution in [0.5, 0.6) is 0 Å². The average molecular weight is 314 g/mol. The molecule has 0 aromatic heterocycles. The molecule has 6 heteroatoms. The van der Waals surface area contributed by atoms with Crippen molar-refractivity contribution in [2.75, 3.05) is 32.8 Å². The molecule has 1 rings (SSSR count). The fraction of sp³-hybridized carbons (Fsp3) is 0.600. The number of hydrogen-bond acceptors (Lipinski definition) is 4. The van der Waals surface area contributed by atoms with Crippen molar-refractivity contribution in [2.45, 2.75) is 31.6 Å². The molecule has 1 aromatic carbocycles. The lowest BCUT2D eigenvalue weighted by Crippen LogP contribution is -2.35. The third kappa shape index (κ3) is 6.13. The first-order chi connectivity index (χ1) is 10.0. The van der Waals surface area contributed by atoms with Gasteiger partial charge in [0.15, 0.2) is 0 Å². The molecule has 0 unspecified atom stereocenters. The summed E-state index contributed by atoms with van der Waals surface area (Å²) in [5.74, 6) is 0. The van der Waals surface area contributed by atoms with Gasteiger partial charge in [-0.3, -0.25) is 0 Å². The van der Waals surface area contributed by atoms with Crippen molar-refractivity contribution in [3.63, 3.8) is 0 Å². The van der Waals surface area contributed by atoms with E-state index in [1.807, 2.05) is 0 Å². The number of nitrogens with one attached hydrogen (secondary N) is 1. The molecule has 0 fully saturated rings. The van der Waals surface area contributed by atoms with Crippen LogP contribution >= 0.6 is 0 Å². The fourth-order valence-electron chi connectivity index (χ4n) is 2.13. The Morgan fingerprint density at radius 1 is 1.14 bits per heavy atom. The summed E-state index contributed by atoms with van der Waals surface area (Å²) in [5.41, 5.74) is 0.927. The van der Waals surface area contributed by atoms with Crippen LogP contribution in [-0.2, 0) is 16.4 Å². The van der Waals surface area contributed by atoms with Gasteiger partial charge in [-0.15, -0.1) is 0 Å². The molecule has 1 aromatic rings. The van der Waals surface area contributed by atoms with E-state index in [2.05, 4.69) is 23.5 Å². The summed E-state index contributed by atoms with van der Waals surface area (Å²) >= 11 is 0. The van der Waals surface area contributed by atoms with Crippen molar-refractivity contribution >= 4 is 10.0 Å². The maximum absolute atomic E-state index is 12.2. The first kappa shape index (κ1) is 18.1. The van der Waals surface area contributed by atoms with Crippen molar-refractivity contribution in [3.05, 3.63) is 29.8 Å². The number of nitrogens with zero attached hydrogens (tertiary/aromatic N) is 1. The van der Waals surface area contributed by atoms with Gasteiger partial charge in [0, 0.05) is 19.7 Å². The minimum absolute atomic E-state index is 0.0641. The van der Waals surface area contributed by atoms with E-state index in [-0.39, 0.29) is 11.5 Å². The number of likely N-dealkylation sites (N-methyl/N-ethyl adjacent to an activating group) is 1. The summed E-state index contributed by atoms with van der Waals surface area (Å²) in [7, 11) is -3.45. The topological polar surface area (TPSA) is 69.6 Å². The summed E-state index contributed by atoms with van der Waals surface area (Å²) in [6.07, 6.45) is 1.60. The standard InChI is InChI=1S/C15H26N2O3S/c1-3-11-17(4-2)12-10-16-21(19,20)15-7-5-14(6-8-15)9-13-18/h5-8,16,18H,3-4,9-13H2,1-2H3. The Bertz CT molecular complexity index is 500. The monoisotopic (exact) mass is 314 g/mol. The van der Waals surface area contributed by atoms with Crippen LogP contribution in [-0.4, -0.2) is 51.2 Å². The van der Waals surface area contributed by atoms with Crippen LogP contribution in [0.1, 0.15) is 25.8 Å². The average Bonchev–Trinajstić information content (AvgIpc) is 2.47.